The third-order valence-electron chi connectivity index (χ3n) is 3.42. The summed E-state index contributed by atoms with van der Waals surface area (Å²) in [6.07, 6.45) is 0. The molecule has 0 aliphatic rings. The number of hydrogen-bond acceptors (Lipinski definition) is 4. The number of hydrogen-bond donors (Lipinski definition) is 1. The number of rotatable bonds is 4. The summed E-state index contributed by atoms with van der Waals surface area (Å²) < 4.78 is 1.65. The maximum Gasteiger partial charge on any atom is 0.171 e. The van der Waals surface area contributed by atoms with Crippen molar-refractivity contribution >= 4 is 11.6 Å². The maximum atomic E-state index is 9.36. The number of nitrogens with two attached hydrogens (primary N) is 1. The van der Waals surface area contributed by atoms with Crippen LogP contribution >= 0.6 is 0 Å². The summed E-state index contributed by atoms with van der Waals surface area (Å²) >= 11 is 0. The minimum atomic E-state index is 0.392. The lowest BCUT2D eigenvalue weighted by atomic mass is 10.2. The van der Waals surface area contributed by atoms with E-state index in [4.69, 9.17) is 5.73 Å². The summed E-state index contributed by atoms with van der Waals surface area (Å²) in [7, 11) is 0. The number of benzene rings is 1. The number of aryl methyl sites for hydroxylation is 1. The first-order valence-electron chi connectivity index (χ1n) is 6.73. The Hall–Kier alpha value is -2.48. The summed E-state index contributed by atoms with van der Waals surface area (Å²) in [5.74, 6) is 1.04. The van der Waals surface area contributed by atoms with Crippen LogP contribution in [0.15, 0.2) is 24.3 Å². The van der Waals surface area contributed by atoms with Crippen molar-refractivity contribution in [3.63, 3.8) is 0 Å². The molecular formula is C15H19N5. The monoisotopic (exact) mass is 269 g/mol. The van der Waals surface area contributed by atoms with Crippen molar-refractivity contribution in [1.82, 2.24) is 9.78 Å². The highest BCUT2D eigenvalue weighted by atomic mass is 15.4. The predicted molar refractivity (Wildman–Crippen MR) is 81.0 cm³/mol. The molecule has 0 fully saturated rings. The van der Waals surface area contributed by atoms with Gasteiger partial charge in [-0.15, -0.1) is 5.10 Å². The number of anilines is 2. The fourth-order valence-electron chi connectivity index (χ4n) is 2.26. The lowest BCUT2D eigenvalue weighted by molar-refractivity contribution is 0.806. The van der Waals surface area contributed by atoms with Crippen LogP contribution in [0.2, 0.25) is 0 Å². The first kappa shape index (κ1) is 13.9. The molecule has 104 valence electrons. The van der Waals surface area contributed by atoms with Crippen LogP contribution in [0.25, 0.3) is 5.69 Å². The van der Waals surface area contributed by atoms with Gasteiger partial charge < -0.3 is 10.6 Å². The number of nitriles is 1. The summed E-state index contributed by atoms with van der Waals surface area (Å²) in [6.45, 7) is 7.64. The second kappa shape index (κ2) is 5.66. The van der Waals surface area contributed by atoms with Crippen molar-refractivity contribution in [2.45, 2.75) is 20.8 Å². The number of aromatic nitrogens is 2. The van der Waals surface area contributed by atoms with E-state index in [1.807, 2.05) is 49.9 Å². The molecule has 0 aliphatic heterocycles. The van der Waals surface area contributed by atoms with Crippen molar-refractivity contribution in [1.29, 1.82) is 5.26 Å². The Balaban J connectivity index is 2.63. The molecule has 0 atom stereocenters. The van der Waals surface area contributed by atoms with Crippen LogP contribution in [-0.4, -0.2) is 22.9 Å². The molecule has 0 radical (unpaired) electrons. The first-order chi connectivity index (χ1) is 9.63. The average molecular weight is 269 g/mol. The molecule has 5 heteroatoms. The molecular weight excluding hydrogens is 250 g/mol. The normalized spacial score (nSPS) is 10.3. The van der Waals surface area contributed by atoms with Crippen LogP contribution in [0, 0.1) is 18.3 Å². The topological polar surface area (TPSA) is 70.9 Å². The molecule has 0 amide bonds. The standard InChI is InChI=1S/C15H19N5/c1-4-19(5-2)15-12(10-16)14(17)20(18-15)13-9-7-6-8-11(13)3/h6-9H,4-5,17H2,1-3H3. The van der Waals surface area contributed by atoms with Crippen LogP contribution in [-0.2, 0) is 0 Å². The number of nitrogen functional groups attached to an aromatic ring is 1. The lowest BCUT2D eigenvalue weighted by Gasteiger charge is -2.17. The van der Waals surface area contributed by atoms with Gasteiger partial charge in [0.05, 0.1) is 5.69 Å². The van der Waals surface area contributed by atoms with Crippen LogP contribution in [0.1, 0.15) is 25.0 Å². The Morgan fingerprint density at radius 1 is 1.30 bits per heavy atom. The zero-order chi connectivity index (χ0) is 14.7. The smallest absolute Gasteiger partial charge is 0.171 e. The minimum absolute atomic E-state index is 0.392. The average Bonchev–Trinajstić information content (AvgIpc) is 2.78. The van der Waals surface area contributed by atoms with E-state index in [0.717, 1.165) is 24.3 Å². The Labute approximate surface area is 119 Å². The van der Waals surface area contributed by atoms with Gasteiger partial charge in [0.2, 0.25) is 0 Å². The van der Waals surface area contributed by atoms with Gasteiger partial charge in [-0.25, -0.2) is 4.68 Å². The van der Waals surface area contributed by atoms with Crippen LogP contribution in [0.5, 0.6) is 0 Å². The Bertz CT molecular complexity index is 647. The van der Waals surface area contributed by atoms with Gasteiger partial charge in [0.25, 0.3) is 0 Å². The highest BCUT2D eigenvalue weighted by Gasteiger charge is 2.20. The molecule has 0 saturated carbocycles. The van der Waals surface area contributed by atoms with Crippen LogP contribution < -0.4 is 10.6 Å². The number of nitrogens with zero attached hydrogens (tertiary/aromatic N) is 4. The van der Waals surface area contributed by atoms with Crippen molar-refractivity contribution in [2.24, 2.45) is 0 Å². The molecule has 0 aliphatic carbocycles. The van der Waals surface area contributed by atoms with Gasteiger partial charge in [0, 0.05) is 13.1 Å². The van der Waals surface area contributed by atoms with Gasteiger partial charge in [0.1, 0.15) is 17.5 Å². The zero-order valence-corrected chi connectivity index (χ0v) is 12.1. The van der Waals surface area contributed by atoms with E-state index >= 15 is 0 Å². The second-order valence-corrected chi connectivity index (χ2v) is 4.57. The fraction of sp³-hybridized carbons (Fsp3) is 0.333. The molecule has 2 rings (SSSR count). The van der Waals surface area contributed by atoms with Gasteiger partial charge in [-0.05, 0) is 32.4 Å². The first-order valence-corrected chi connectivity index (χ1v) is 6.73. The molecule has 0 spiro atoms. The molecule has 1 aromatic carbocycles. The van der Waals surface area contributed by atoms with E-state index in [9.17, 15) is 5.26 Å². The third kappa shape index (κ3) is 2.21. The number of para-hydroxylation sites is 1. The Morgan fingerprint density at radius 2 is 1.95 bits per heavy atom. The van der Waals surface area contributed by atoms with Gasteiger partial charge in [-0.1, -0.05) is 18.2 Å². The molecule has 0 saturated heterocycles. The second-order valence-electron chi connectivity index (χ2n) is 4.57. The van der Waals surface area contributed by atoms with E-state index < -0.39 is 0 Å². The molecule has 0 unspecified atom stereocenters. The summed E-state index contributed by atoms with van der Waals surface area (Å²) in [5, 5.41) is 13.9. The molecule has 0 bridgehead atoms. The summed E-state index contributed by atoms with van der Waals surface area (Å²) in [6, 6.07) is 10.0. The molecule has 20 heavy (non-hydrogen) atoms. The van der Waals surface area contributed by atoms with Crippen molar-refractivity contribution in [2.75, 3.05) is 23.7 Å². The Kier molecular flexibility index (Phi) is 3.94. The quantitative estimate of drug-likeness (QED) is 0.925. The molecule has 1 heterocycles. The summed E-state index contributed by atoms with van der Waals surface area (Å²) in [4.78, 5) is 2.03. The van der Waals surface area contributed by atoms with Gasteiger partial charge in [0.15, 0.2) is 5.82 Å². The van der Waals surface area contributed by atoms with E-state index in [-0.39, 0.29) is 0 Å². The van der Waals surface area contributed by atoms with Crippen molar-refractivity contribution < 1.29 is 0 Å². The SMILES string of the molecule is CCN(CC)c1nn(-c2ccccc2C)c(N)c1C#N. The maximum absolute atomic E-state index is 9.36. The van der Waals surface area contributed by atoms with Crippen LogP contribution in [0.3, 0.4) is 0 Å². The lowest BCUT2D eigenvalue weighted by Crippen LogP contribution is -2.23. The minimum Gasteiger partial charge on any atom is -0.382 e. The Morgan fingerprint density at radius 3 is 2.50 bits per heavy atom. The van der Waals surface area contributed by atoms with Crippen LogP contribution in [0.4, 0.5) is 11.6 Å². The predicted octanol–water partition coefficient (Wildman–Crippen LogP) is 2.48. The summed E-state index contributed by atoms with van der Waals surface area (Å²) in [5.41, 5.74) is 8.53. The van der Waals surface area contributed by atoms with Crippen molar-refractivity contribution in [3.8, 4) is 11.8 Å². The van der Waals surface area contributed by atoms with Gasteiger partial charge in [-0.3, -0.25) is 0 Å². The van der Waals surface area contributed by atoms with E-state index in [2.05, 4.69) is 11.2 Å². The van der Waals surface area contributed by atoms with Gasteiger partial charge in [-0.2, -0.15) is 5.26 Å². The van der Waals surface area contributed by atoms with Crippen molar-refractivity contribution in [3.05, 3.63) is 35.4 Å². The third-order valence-corrected chi connectivity index (χ3v) is 3.42. The molecule has 2 N–H and O–H groups in total. The molecule has 1 aromatic heterocycles. The van der Waals surface area contributed by atoms with Gasteiger partial charge >= 0.3 is 0 Å². The highest BCUT2D eigenvalue weighted by molar-refractivity contribution is 5.67. The van der Waals surface area contributed by atoms with E-state index in [1.165, 1.54) is 0 Å². The largest absolute Gasteiger partial charge is 0.382 e. The fourth-order valence-corrected chi connectivity index (χ4v) is 2.26. The molecule has 2 aromatic rings. The molecule has 5 nitrogen and oxygen atoms in total. The highest BCUT2D eigenvalue weighted by Crippen LogP contribution is 2.27. The van der Waals surface area contributed by atoms with E-state index in [1.54, 1.807) is 4.68 Å². The zero-order valence-electron chi connectivity index (χ0n) is 12.1. The van der Waals surface area contributed by atoms with E-state index in [0.29, 0.717) is 17.2 Å².